The van der Waals surface area contributed by atoms with Gasteiger partial charge in [0.1, 0.15) is 5.75 Å². The molecule has 2 amide bonds. The van der Waals surface area contributed by atoms with Crippen LogP contribution in [-0.4, -0.2) is 19.2 Å². The molecule has 0 heterocycles. The monoisotopic (exact) mass is 326 g/mol. The van der Waals surface area contributed by atoms with Crippen molar-refractivity contribution in [3.05, 3.63) is 59.7 Å². The van der Waals surface area contributed by atoms with Crippen LogP contribution in [0, 0.1) is 0 Å². The van der Waals surface area contributed by atoms with Gasteiger partial charge in [0.05, 0.1) is 7.11 Å². The van der Waals surface area contributed by atoms with E-state index < -0.39 is 0 Å². The number of benzene rings is 2. The minimum Gasteiger partial charge on any atom is -0.497 e. The van der Waals surface area contributed by atoms with Gasteiger partial charge in [0.25, 0.3) is 0 Å². The van der Waals surface area contributed by atoms with Crippen LogP contribution in [0.5, 0.6) is 5.75 Å². The highest BCUT2D eigenvalue weighted by Crippen LogP contribution is 2.17. The summed E-state index contributed by atoms with van der Waals surface area (Å²) in [6, 6.07) is 15.7. The summed E-state index contributed by atoms with van der Waals surface area (Å²) in [6.45, 7) is 4.13. The van der Waals surface area contributed by atoms with E-state index in [-0.39, 0.29) is 12.1 Å². The van der Waals surface area contributed by atoms with E-state index in [1.807, 2.05) is 49.4 Å². The van der Waals surface area contributed by atoms with Gasteiger partial charge in [-0.1, -0.05) is 43.7 Å². The van der Waals surface area contributed by atoms with Crippen LogP contribution in [0.3, 0.4) is 0 Å². The van der Waals surface area contributed by atoms with E-state index in [2.05, 4.69) is 23.6 Å². The van der Waals surface area contributed by atoms with Gasteiger partial charge in [-0.15, -0.1) is 0 Å². The summed E-state index contributed by atoms with van der Waals surface area (Å²) < 4.78 is 5.23. The predicted molar refractivity (Wildman–Crippen MR) is 98.8 cm³/mol. The molecule has 1 atom stereocenters. The van der Waals surface area contributed by atoms with Gasteiger partial charge in [0, 0.05) is 11.7 Å². The first-order chi connectivity index (χ1) is 11.6. The maximum absolute atomic E-state index is 12.2. The Kier molecular flexibility index (Phi) is 6.67. The number of urea groups is 1. The van der Waals surface area contributed by atoms with E-state index in [4.69, 9.17) is 4.74 Å². The summed E-state index contributed by atoms with van der Waals surface area (Å²) >= 11 is 0. The molecule has 128 valence electrons. The SMILES string of the molecule is CCCc1ccccc1NC(=O)NC(C)Cc1cccc(OC)c1. The van der Waals surface area contributed by atoms with E-state index in [9.17, 15) is 4.79 Å². The highest BCUT2D eigenvalue weighted by Gasteiger charge is 2.10. The average Bonchev–Trinajstić information content (AvgIpc) is 2.56. The smallest absolute Gasteiger partial charge is 0.319 e. The third-order valence-corrected chi connectivity index (χ3v) is 3.84. The Morgan fingerprint density at radius 3 is 2.71 bits per heavy atom. The summed E-state index contributed by atoms with van der Waals surface area (Å²) in [7, 11) is 1.65. The fourth-order valence-corrected chi connectivity index (χ4v) is 2.72. The molecular formula is C20H26N2O2. The van der Waals surface area contributed by atoms with Crippen LogP contribution in [-0.2, 0) is 12.8 Å². The van der Waals surface area contributed by atoms with Crippen LogP contribution in [0.15, 0.2) is 48.5 Å². The van der Waals surface area contributed by atoms with Crippen molar-refractivity contribution >= 4 is 11.7 Å². The lowest BCUT2D eigenvalue weighted by Gasteiger charge is -2.16. The van der Waals surface area contributed by atoms with Gasteiger partial charge < -0.3 is 15.4 Å². The Hall–Kier alpha value is -2.49. The van der Waals surface area contributed by atoms with Gasteiger partial charge in [-0.3, -0.25) is 0 Å². The number of para-hydroxylation sites is 1. The second-order valence-electron chi connectivity index (χ2n) is 5.96. The van der Waals surface area contributed by atoms with Crippen molar-refractivity contribution in [3.63, 3.8) is 0 Å². The van der Waals surface area contributed by atoms with Crippen LogP contribution in [0.4, 0.5) is 10.5 Å². The van der Waals surface area contributed by atoms with Gasteiger partial charge in [0.2, 0.25) is 0 Å². The Bertz CT molecular complexity index is 670. The van der Waals surface area contributed by atoms with Crippen molar-refractivity contribution in [2.24, 2.45) is 0 Å². The highest BCUT2D eigenvalue weighted by molar-refractivity contribution is 5.90. The zero-order valence-corrected chi connectivity index (χ0v) is 14.6. The molecule has 0 saturated heterocycles. The standard InChI is InChI=1S/C20H26N2O2/c1-4-8-17-10-5-6-12-19(17)22-20(23)21-15(2)13-16-9-7-11-18(14-16)24-3/h5-7,9-12,14-15H,4,8,13H2,1-3H3,(H2,21,22,23). The minimum atomic E-state index is -0.172. The minimum absolute atomic E-state index is 0.0236. The fraction of sp³-hybridized carbons (Fsp3) is 0.350. The van der Waals surface area contributed by atoms with Crippen LogP contribution >= 0.6 is 0 Å². The van der Waals surface area contributed by atoms with Crippen molar-refractivity contribution in [3.8, 4) is 5.75 Å². The molecule has 0 radical (unpaired) electrons. The molecular weight excluding hydrogens is 300 g/mol. The third-order valence-electron chi connectivity index (χ3n) is 3.84. The molecule has 2 aromatic rings. The summed E-state index contributed by atoms with van der Waals surface area (Å²) in [5.41, 5.74) is 3.18. The molecule has 0 bridgehead atoms. The number of rotatable bonds is 7. The van der Waals surface area contributed by atoms with Crippen LogP contribution in [0.1, 0.15) is 31.4 Å². The maximum atomic E-state index is 12.2. The lowest BCUT2D eigenvalue weighted by Crippen LogP contribution is -2.37. The first-order valence-corrected chi connectivity index (χ1v) is 8.40. The van der Waals surface area contributed by atoms with Gasteiger partial charge in [-0.05, 0) is 49.1 Å². The number of methoxy groups -OCH3 is 1. The molecule has 4 nitrogen and oxygen atoms in total. The number of amides is 2. The second kappa shape index (κ2) is 8.96. The number of ether oxygens (including phenoxy) is 1. The zero-order chi connectivity index (χ0) is 17.4. The Balaban J connectivity index is 1.92. The molecule has 24 heavy (non-hydrogen) atoms. The fourth-order valence-electron chi connectivity index (χ4n) is 2.72. The molecule has 0 aliphatic carbocycles. The molecule has 0 spiro atoms. The molecule has 4 heteroatoms. The average molecular weight is 326 g/mol. The number of carbonyl (C=O) groups is 1. The van der Waals surface area contributed by atoms with E-state index in [1.165, 1.54) is 0 Å². The maximum Gasteiger partial charge on any atom is 0.319 e. The largest absolute Gasteiger partial charge is 0.497 e. The Morgan fingerprint density at radius 1 is 1.17 bits per heavy atom. The third kappa shape index (κ3) is 5.30. The van der Waals surface area contributed by atoms with Crippen molar-refractivity contribution in [2.45, 2.75) is 39.2 Å². The van der Waals surface area contributed by atoms with Crippen LogP contribution in [0.25, 0.3) is 0 Å². The van der Waals surface area contributed by atoms with Crippen molar-refractivity contribution in [1.82, 2.24) is 5.32 Å². The van der Waals surface area contributed by atoms with Crippen LogP contribution in [0.2, 0.25) is 0 Å². The van der Waals surface area contributed by atoms with Crippen LogP contribution < -0.4 is 15.4 Å². The topological polar surface area (TPSA) is 50.4 Å². The summed E-state index contributed by atoms with van der Waals surface area (Å²) in [5.74, 6) is 0.831. The van der Waals surface area contributed by atoms with Gasteiger partial charge in [0.15, 0.2) is 0 Å². The number of nitrogens with one attached hydrogen (secondary N) is 2. The molecule has 1 unspecified atom stereocenters. The second-order valence-corrected chi connectivity index (χ2v) is 5.96. The quantitative estimate of drug-likeness (QED) is 0.792. The number of hydrogen-bond acceptors (Lipinski definition) is 2. The van der Waals surface area contributed by atoms with Gasteiger partial charge in [-0.2, -0.15) is 0 Å². The van der Waals surface area contributed by atoms with Crippen molar-refractivity contribution in [2.75, 3.05) is 12.4 Å². The predicted octanol–water partition coefficient (Wildman–Crippen LogP) is 4.40. The zero-order valence-electron chi connectivity index (χ0n) is 14.6. The molecule has 0 saturated carbocycles. The van der Waals surface area contributed by atoms with Gasteiger partial charge >= 0.3 is 6.03 Å². The lowest BCUT2D eigenvalue weighted by atomic mass is 10.1. The van der Waals surface area contributed by atoms with E-state index >= 15 is 0 Å². The summed E-state index contributed by atoms with van der Waals surface area (Å²) in [6.07, 6.45) is 2.75. The lowest BCUT2D eigenvalue weighted by molar-refractivity contribution is 0.249. The molecule has 2 aromatic carbocycles. The molecule has 2 rings (SSSR count). The number of hydrogen-bond donors (Lipinski definition) is 2. The van der Waals surface area contributed by atoms with Crippen molar-refractivity contribution in [1.29, 1.82) is 0 Å². The number of anilines is 1. The normalized spacial score (nSPS) is 11.6. The summed E-state index contributed by atoms with van der Waals surface area (Å²) in [4.78, 5) is 12.2. The summed E-state index contributed by atoms with van der Waals surface area (Å²) in [5, 5.41) is 5.95. The molecule has 0 aromatic heterocycles. The van der Waals surface area contributed by atoms with E-state index in [1.54, 1.807) is 7.11 Å². The molecule has 0 aliphatic heterocycles. The van der Waals surface area contributed by atoms with Crippen molar-refractivity contribution < 1.29 is 9.53 Å². The number of aryl methyl sites for hydroxylation is 1. The first kappa shape index (κ1) is 17.9. The molecule has 0 aliphatic rings. The molecule has 2 N–H and O–H groups in total. The molecule has 0 fully saturated rings. The van der Waals surface area contributed by atoms with E-state index in [0.717, 1.165) is 41.8 Å². The first-order valence-electron chi connectivity index (χ1n) is 8.40. The van der Waals surface area contributed by atoms with Gasteiger partial charge in [-0.25, -0.2) is 4.79 Å². The Morgan fingerprint density at radius 2 is 1.96 bits per heavy atom. The number of carbonyl (C=O) groups excluding carboxylic acids is 1. The highest BCUT2D eigenvalue weighted by atomic mass is 16.5. The van der Waals surface area contributed by atoms with E-state index in [0.29, 0.717) is 0 Å². The Labute approximate surface area is 144 Å².